The molecule has 2 aliphatic heterocycles. The number of aromatic nitrogens is 6. The molecule has 10 nitrogen and oxygen atoms in total. The third kappa shape index (κ3) is 4.73. The fourth-order valence-corrected chi connectivity index (χ4v) is 5.73. The van der Waals surface area contributed by atoms with E-state index in [1.54, 1.807) is 10.9 Å². The third-order valence-corrected chi connectivity index (χ3v) is 7.84. The monoisotopic (exact) mass is 504 g/mol. The summed E-state index contributed by atoms with van der Waals surface area (Å²) in [5.41, 5.74) is 1.90. The van der Waals surface area contributed by atoms with E-state index < -0.39 is 0 Å². The number of nitrogens with one attached hydrogen (secondary N) is 2. The summed E-state index contributed by atoms with van der Waals surface area (Å²) in [6, 6.07) is 6.20. The number of piperidine rings is 2. The molecule has 0 bridgehead atoms. The van der Waals surface area contributed by atoms with Crippen molar-refractivity contribution in [2.45, 2.75) is 56.9 Å². The maximum Gasteiger partial charge on any atom is 0.246 e. The second-order valence-electron chi connectivity index (χ2n) is 9.94. The van der Waals surface area contributed by atoms with Crippen LogP contribution in [0.1, 0.15) is 56.7 Å². The van der Waals surface area contributed by atoms with Crippen LogP contribution in [0, 0.1) is 12.5 Å². The van der Waals surface area contributed by atoms with E-state index in [2.05, 4.69) is 45.9 Å². The first-order valence-electron chi connectivity index (χ1n) is 12.8. The van der Waals surface area contributed by atoms with Crippen molar-refractivity contribution in [1.29, 1.82) is 0 Å². The maximum atomic E-state index is 7.58. The molecular weight excluding hydrogens is 476 g/mol. The topological polar surface area (TPSA) is 101 Å². The normalized spacial score (nSPS) is 22.0. The lowest BCUT2D eigenvalue weighted by atomic mass is 9.83. The smallest absolute Gasteiger partial charge is 0.246 e. The maximum absolute atomic E-state index is 7.58. The molecular formula is C25H29ClN10. The van der Waals surface area contributed by atoms with E-state index >= 15 is 0 Å². The van der Waals surface area contributed by atoms with Gasteiger partial charge in [0.1, 0.15) is 5.82 Å². The highest BCUT2D eigenvalue weighted by molar-refractivity contribution is 6.32. The van der Waals surface area contributed by atoms with Gasteiger partial charge >= 0.3 is 0 Å². The lowest BCUT2D eigenvalue weighted by molar-refractivity contribution is 0.0649. The average molecular weight is 505 g/mol. The van der Waals surface area contributed by atoms with Crippen molar-refractivity contribution in [2.75, 3.05) is 30.3 Å². The molecule has 2 atom stereocenters. The van der Waals surface area contributed by atoms with Gasteiger partial charge in [-0.25, -0.2) is 14.8 Å². The fraction of sp³-hybridized carbons (Fsp3) is 0.520. The van der Waals surface area contributed by atoms with Gasteiger partial charge < -0.3 is 15.5 Å². The van der Waals surface area contributed by atoms with Crippen molar-refractivity contribution in [3.63, 3.8) is 0 Å². The molecule has 1 saturated carbocycles. The average Bonchev–Trinajstić information content (AvgIpc) is 3.65. The Labute approximate surface area is 215 Å². The summed E-state index contributed by atoms with van der Waals surface area (Å²) in [6.07, 6.45) is 10.1. The Bertz CT molecular complexity index is 1280. The van der Waals surface area contributed by atoms with Crippen LogP contribution in [0.5, 0.6) is 0 Å². The molecule has 1 aromatic carbocycles. The molecule has 0 spiro atoms. The molecule has 6 rings (SSSR count). The van der Waals surface area contributed by atoms with Gasteiger partial charge in [-0.2, -0.15) is 4.68 Å². The van der Waals surface area contributed by atoms with E-state index in [-0.39, 0.29) is 0 Å². The molecule has 1 aliphatic carbocycles. The highest BCUT2D eigenvalue weighted by Crippen LogP contribution is 2.40. The Morgan fingerprint density at radius 1 is 1.11 bits per heavy atom. The van der Waals surface area contributed by atoms with Crippen LogP contribution in [0.3, 0.4) is 0 Å². The van der Waals surface area contributed by atoms with E-state index in [0.29, 0.717) is 46.0 Å². The number of hydrogen-bond donors (Lipinski definition) is 2. The van der Waals surface area contributed by atoms with Crippen molar-refractivity contribution in [3.05, 3.63) is 46.7 Å². The molecule has 2 saturated heterocycles. The summed E-state index contributed by atoms with van der Waals surface area (Å²) in [6.45, 7) is 10.8. The molecule has 11 heteroatoms. The molecule has 3 aromatic rings. The fourth-order valence-electron chi connectivity index (χ4n) is 5.53. The predicted octanol–water partition coefficient (Wildman–Crippen LogP) is 4.95. The first-order valence-corrected chi connectivity index (χ1v) is 13.1. The van der Waals surface area contributed by atoms with Crippen LogP contribution in [-0.2, 0) is 0 Å². The zero-order chi connectivity index (χ0) is 24.5. The van der Waals surface area contributed by atoms with E-state index in [1.165, 1.54) is 45.2 Å². The number of halogens is 1. The second-order valence-corrected chi connectivity index (χ2v) is 10.3. The molecule has 4 heterocycles. The lowest BCUT2D eigenvalue weighted by Crippen LogP contribution is -2.49. The third-order valence-electron chi connectivity index (χ3n) is 7.52. The van der Waals surface area contributed by atoms with Crippen molar-refractivity contribution in [2.24, 2.45) is 5.92 Å². The number of hydrogen-bond acceptors (Lipinski definition) is 8. The van der Waals surface area contributed by atoms with Crippen LogP contribution in [0.15, 0.2) is 24.4 Å². The van der Waals surface area contributed by atoms with Crippen molar-refractivity contribution >= 4 is 34.7 Å². The van der Waals surface area contributed by atoms with Crippen LogP contribution < -0.4 is 10.6 Å². The van der Waals surface area contributed by atoms with Crippen LogP contribution in [0.25, 0.3) is 10.5 Å². The summed E-state index contributed by atoms with van der Waals surface area (Å²) < 4.78 is 1.71. The van der Waals surface area contributed by atoms with Crippen LogP contribution >= 0.6 is 11.6 Å². The molecule has 0 amide bonds. The van der Waals surface area contributed by atoms with Gasteiger partial charge in [-0.3, -0.25) is 0 Å². The highest BCUT2D eigenvalue weighted by Gasteiger charge is 2.33. The Balaban J connectivity index is 1.19. The molecule has 0 radical (unpaired) electrons. The van der Waals surface area contributed by atoms with Crippen molar-refractivity contribution < 1.29 is 0 Å². The molecule has 2 N–H and O–H groups in total. The van der Waals surface area contributed by atoms with Crippen molar-refractivity contribution in [1.82, 2.24) is 35.1 Å². The predicted molar refractivity (Wildman–Crippen MR) is 138 cm³/mol. The van der Waals surface area contributed by atoms with Crippen molar-refractivity contribution in [3.8, 4) is 5.69 Å². The molecule has 2 aromatic heterocycles. The van der Waals surface area contributed by atoms with E-state index in [1.807, 2.05) is 18.2 Å². The van der Waals surface area contributed by atoms with Gasteiger partial charge in [0.05, 0.1) is 17.3 Å². The first kappa shape index (κ1) is 23.1. The number of benzene rings is 1. The molecule has 3 fully saturated rings. The number of anilines is 3. The van der Waals surface area contributed by atoms with Crippen LogP contribution in [0.2, 0.25) is 5.02 Å². The van der Waals surface area contributed by atoms with Crippen LogP contribution in [0.4, 0.5) is 23.1 Å². The van der Waals surface area contributed by atoms with Gasteiger partial charge in [0.25, 0.3) is 0 Å². The van der Waals surface area contributed by atoms with E-state index in [0.717, 1.165) is 30.9 Å². The summed E-state index contributed by atoms with van der Waals surface area (Å²) in [4.78, 5) is 15.3. The minimum Gasteiger partial charge on any atom is -0.378 e. The van der Waals surface area contributed by atoms with Gasteiger partial charge in [0.15, 0.2) is 5.82 Å². The highest BCUT2D eigenvalue weighted by atomic mass is 35.5. The largest absolute Gasteiger partial charge is 0.378 e. The quantitative estimate of drug-likeness (QED) is 0.436. The number of nitrogens with zero attached hydrogens (tertiary/aromatic N) is 8. The van der Waals surface area contributed by atoms with Gasteiger partial charge in [0.2, 0.25) is 11.6 Å². The Morgan fingerprint density at radius 3 is 2.86 bits per heavy atom. The van der Waals surface area contributed by atoms with Gasteiger partial charge in [-0.05, 0) is 86.2 Å². The molecule has 36 heavy (non-hydrogen) atoms. The number of fused-ring (bicyclic) bond motifs is 1. The Kier molecular flexibility index (Phi) is 6.42. The SMILES string of the molecule is [C-]#[N+]c1cnc(Nc2ccc(Cl)c(-n3nnnc3C3CC3)c2)nc1NC[C@@H]1CCCN2CCCC[C@H]12. The first-order chi connectivity index (χ1) is 17.7. The van der Waals surface area contributed by atoms with E-state index in [4.69, 9.17) is 18.2 Å². The minimum atomic E-state index is 0.385. The second kappa shape index (κ2) is 9.99. The summed E-state index contributed by atoms with van der Waals surface area (Å²) in [7, 11) is 0. The Morgan fingerprint density at radius 2 is 2.00 bits per heavy atom. The molecule has 3 aliphatic rings. The molecule has 186 valence electrons. The standard InChI is InChI=1S/C25H29ClN10/c1-27-20-15-29-25(31-23(20)28-14-17-5-4-12-35-11-3-2-6-21(17)35)30-18-9-10-19(26)22(13-18)36-24(16-7-8-16)32-33-34-36/h9-10,13,15-17,21H,2-8,11-12,14H2,(H2,28,29,30,31)/t17-,21+/m0/s1. The zero-order valence-electron chi connectivity index (χ0n) is 20.1. The Hall–Kier alpha value is -3.29. The zero-order valence-corrected chi connectivity index (χ0v) is 20.8. The lowest BCUT2D eigenvalue weighted by Gasteiger charge is -2.44. The van der Waals surface area contributed by atoms with Crippen LogP contribution in [-0.4, -0.2) is 60.8 Å². The van der Waals surface area contributed by atoms with Gasteiger partial charge in [0, 0.05) is 30.4 Å². The molecule has 0 unspecified atom stereocenters. The number of rotatable bonds is 7. The number of tetrazole rings is 1. The van der Waals surface area contributed by atoms with E-state index in [9.17, 15) is 0 Å². The summed E-state index contributed by atoms with van der Waals surface area (Å²) in [5.74, 6) is 2.77. The van der Waals surface area contributed by atoms with Gasteiger partial charge in [-0.1, -0.05) is 18.0 Å². The minimum absolute atomic E-state index is 0.385. The summed E-state index contributed by atoms with van der Waals surface area (Å²) >= 11 is 6.49. The summed E-state index contributed by atoms with van der Waals surface area (Å²) in [5, 5.41) is 19.5. The van der Waals surface area contributed by atoms with Gasteiger partial charge in [-0.15, -0.1) is 5.10 Å².